The first kappa shape index (κ1) is 17.3. The Labute approximate surface area is 149 Å². The summed E-state index contributed by atoms with van der Waals surface area (Å²) in [6.45, 7) is 1.75. The minimum Gasteiger partial charge on any atom is -0.394 e. The van der Waals surface area contributed by atoms with E-state index in [-0.39, 0.29) is 11.8 Å². The van der Waals surface area contributed by atoms with Crippen molar-refractivity contribution in [3.8, 4) is 0 Å². The van der Waals surface area contributed by atoms with Gasteiger partial charge in [-0.15, -0.1) is 11.3 Å². The predicted molar refractivity (Wildman–Crippen MR) is 93.5 cm³/mol. The van der Waals surface area contributed by atoms with Crippen LogP contribution in [0.25, 0.3) is 0 Å². The third kappa shape index (κ3) is 4.12. The molecule has 1 saturated heterocycles. The molecule has 0 saturated carbocycles. The van der Waals surface area contributed by atoms with Crippen LogP contribution in [0.1, 0.15) is 9.67 Å². The second-order valence-electron chi connectivity index (χ2n) is 5.55. The molecule has 25 heavy (non-hydrogen) atoms. The lowest BCUT2D eigenvalue weighted by molar-refractivity contribution is -0.134. The molecular weight excluding hydrogens is 342 g/mol. The van der Waals surface area contributed by atoms with Gasteiger partial charge in [0.05, 0.1) is 11.5 Å². The summed E-state index contributed by atoms with van der Waals surface area (Å²) in [5.41, 5.74) is 0. The zero-order valence-corrected chi connectivity index (χ0v) is 14.4. The van der Waals surface area contributed by atoms with Crippen molar-refractivity contribution in [3.05, 3.63) is 40.8 Å². The zero-order valence-electron chi connectivity index (χ0n) is 13.5. The Hall–Kier alpha value is -2.52. The SMILES string of the molecule is O=C(NC(CO)C(=O)N1CCN(c2ncccn2)CC1)c1cccs1. The van der Waals surface area contributed by atoms with Crippen LogP contribution in [0.2, 0.25) is 0 Å². The molecule has 0 bridgehead atoms. The smallest absolute Gasteiger partial charge is 0.262 e. The summed E-state index contributed by atoms with van der Waals surface area (Å²) < 4.78 is 0. The third-order valence-corrected chi connectivity index (χ3v) is 4.83. The van der Waals surface area contributed by atoms with Crippen LogP contribution in [0, 0.1) is 0 Å². The predicted octanol–water partition coefficient (Wildman–Crippen LogP) is -0.0224. The molecule has 2 aromatic rings. The summed E-state index contributed by atoms with van der Waals surface area (Å²) in [5, 5.41) is 13.9. The molecule has 1 unspecified atom stereocenters. The number of aromatic nitrogens is 2. The van der Waals surface area contributed by atoms with E-state index in [9.17, 15) is 14.7 Å². The van der Waals surface area contributed by atoms with Crippen LogP contribution in [-0.2, 0) is 4.79 Å². The van der Waals surface area contributed by atoms with Crippen LogP contribution in [0.4, 0.5) is 5.95 Å². The number of carbonyl (C=O) groups excluding carboxylic acids is 2. The molecule has 2 N–H and O–H groups in total. The highest BCUT2D eigenvalue weighted by atomic mass is 32.1. The van der Waals surface area contributed by atoms with Gasteiger partial charge in [-0.05, 0) is 17.5 Å². The lowest BCUT2D eigenvalue weighted by Crippen LogP contribution is -2.56. The molecule has 1 aliphatic rings. The van der Waals surface area contributed by atoms with Gasteiger partial charge in [0.15, 0.2) is 0 Å². The number of aliphatic hydroxyl groups is 1. The number of piperazine rings is 1. The van der Waals surface area contributed by atoms with Gasteiger partial charge in [-0.1, -0.05) is 6.07 Å². The molecule has 0 aromatic carbocycles. The van der Waals surface area contributed by atoms with Crippen LogP contribution in [0.3, 0.4) is 0 Å². The van der Waals surface area contributed by atoms with Crippen LogP contribution in [-0.4, -0.2) is 70.6 Å². The van der Waals surface area contributed by atoms with Crippen molar-refractivity contribution in [2.45, 2.75) is 6.04 Å². The van der Waals surface area contributed by atoms with Gasteiger partial charge in [0.1, 0.15) is 6.04 Å². The first-order valence-corrected chi connectivity index (χ1v) is 8.83. The molecule has 0 spiro atoms. The van der Waals surface area contributed by atoms with Crippen molar-refractivity contribution < 1.29 is 14.7 Å². The Balaban J connectivity index is 1.56. The molecule has 2 amide bonds. The summed E-state index contributed by atoms with van der Waals surface area (Å²) >= 11 is 1.29. The van der Waals surface area contributed by atoms with Gasteiger partial charge in [-0.3, -0.25) is 9.59 Å². The number of anilines is 1. The van der Waals surface area contributed by atoms with Gasteiger partial charge < -0.3 is 20.2 Å². The van der Waals surface area contributed by atoms with Crippen LogP contribution < -0.4 is 10.2 Å². The van der Waals surface area contributed by atoms with Crippen LogP contribution >= 0.6 is 11.3 Å². The number of thiophene rings is 1. The van der Waals surface area contributed by atoms with Gasteiger partial charge in [-0.25, -0.2) is 9.97 Å². The van der Waals surface area contributed by atoms with Gasteiger partial charge in [0, 0.05) is 38.6 Å². The molecule has 3 rings (SSSR count). The average Bonchev–Trinajstić information content (AvgIpc) is 3.21. The molecule has 0 radical (unpaired) electrons. The van der Waals surface area contributed by atoms with Crippen molar-refractivity contribution in [1.29, 1.82) is 0 Å². The summed E-state index contributed by atoms with van der Waals surface area (Å²) in [7, 11) is 0. The average molecular weight is 361 g/mol. The number of nitrogens with zero attached hydrogens (tertiary/aromatic N) is 4. The third-order valence-electron chi connectivity index (χ3n) is 3.96. The van der Waals surface area contributed by atoms with Crippen LogP contribution in [0.15, 0.2) is 36.0 Å². The monoisotopic (exact) mass is 361 g/mol. The van der Waals surface area contributed by atoms with E-state index < -0.39 is 12.6 Å². The highest BCUT2D eigenvalue weighted by Crippen LogP contribution is 2.12. The lowest BCUT2D eigenvalue weighted by Gasteiger charge is -2.36. The standard InChI is InChI=1S/C16H19N5O3S/c22-11-12(19-14(23)13-3-1-10-25-13)15(24)20-6-8-21(9-7-20)16-17-4-2-5-18-16/h1-5,10,12,22H,6-9,11H2,(H,19,23). The normalized spacial score (nSPS) is 15.7. The van der Waals surface area contributed by atoms with Gasteiger partial charge in [-0.2, -0.15) is 0 Å². The van der Waals surface area contributed by atoms with E-state index in [0.717, 1.165) is 0 Å². The molecule has 1 fully saturated rings. The Bertz CT molecular complexity index is 702. The highest BCUT2D eigenvalue weighted by molar-refractivity contribution is 7.12. The fourth-order valence-electron chi connectivity index (χ4n) is 2.62. The van der Waals surface area contributed by atoms with E-state index in [1.165, 1.54) is 11.3 Å². The maximum Gasteiger partial charge on any atom is 0.262 e. The lowest BCUT2D eigenvalue weighted by atomic mass is 10.2. The zero-order chi connectivity index (χ0) is 17.6. The van der Waals surface area contributed by atoms with Gasteiger partial charge in [0.2, 0.25) is 11.9 Å². The number of rotatable bonds is 5. The van der Waals surface area contributed by atoms with Crippen molar-refractivity contribution in [2.75, 3.05) is 37.7 Å². The molecule has 3 heterocycles. The van der Waals surface area contributed by atoms with E-state index in [0.29, 0.717) is 37.0 Å². The topological polar surface area (TPSA) is 98.7 Å². The molecule has 0 aliphatic carbocycles. The number of carbonyl (C=O) groups is 2. The maximum atomic E-state index is 12.6. The highest BCUT2D eigenvalue weighted by Gasteiger charge is 2.29. The number of hydrogen-bond acceptors (Lipinski definition) is 7. The van der Waals surface area contributed by atoms with E-state index in [4.69, 9.17) is 0 Å². The minimum atomic E-state index is -0.936. The molecule has 2 aromatic heterocycles. The number of aliphatic hydroxyl groups excluding tert-OH is 1. The summed E-state index contributed by atoms with van der Waals surface area (Å²) in [5.74, 6) is 0.0130. The van der Waals surface area contributed by atoms with E-state index >= 15 is 0 Å². The van der Waals surface area contributed by atoms with Crippen LogP contribution in [0.5, 0.6) is 0 Å². The van der Waals surface area contributed by atoms with Gasteiger partial charge >= 0.3 is 0 Å². The first-order valence-electron chi connectivity index (χ1n) is 7.95. The fourth-order valence-corrected chi connectivity index (χ4v) is 3.25. The number of amides is 2. The van der Waals surface area contributed by atoms with E-state index in [2.05, 4.69) is 15.3 Å². The maximum absolute atomic E-state index is 12.6. The molecule has 1 aliphatic heterocycles. The van der Waals surface area contributed by atoms with E-state index in [1.807, 2.05) is 4.90 Å². The Morgan fingerprint density at radius 3 is 2.52 bits per heavy atom. The molecular formula is C16H19N5O3S. The van der Waals surface area contributed by atoms with E-state index in [1.54, 1.807) is 40.9 Å². The van der Waals surface area contributed by atoms with Crippen molar-refractivity contribution in [1.82, 2.24) is 20.2 Å². The number of hydrogen-bond donors (Lipinski definition) is 2. The molecule has 1 atom stereocenters. The summed E-state index contributed by atoms with van der Waals surface area (Å²) in [6, 6.07) is 4.26. The number of nitrogens with one attached hydrogen (secondary N) is 1. The Kier molecular flexibility index (Phi) is 5.56. The largest absolute Gasteiger partial charge is 0.394 e. The quantitative estimate of drug-likeness (QED) is 0.777. The van der Waals surface area contributed by atoms with Crippen molar-refractivity contribution in [3.63, 3.8) is 0 Å². The first-order chi connectivity index (χ1) is 12.2. The van der Waals surface area contributed by atoms with Crippen molar-refractivity contribution >= 4 is 29.1 Å². The molecule has 9 heteroatoms. The van der Waals surface area contributed by atoms with Gasteiger partial charge in [0.25, 0.3) is 5.91 Å². The Morgan fingerprint density at radius 2 is 1.92 bits per heavy atom. The fraction of sp³-hybridized carbons (Fsp3) is 0.375. The summed E-state index contributed by atoms with van der Waals surface area (Å²) in [4.78, 5) is 37.2. The molecule has 8 nitrogen and oxygen atoms in total. The minimum absolute atomic E-state index is 0.277. The van der Waals surface area contributed by atoms with Crippen molar-refractivity contribution in [2.24, 2.45) is 0 Å². The second kappa shape index (κ2) is 8.04. The summed E-state index contributed by atoms with van der Waals surface area (Å²) in [6.07, 6.45) is 3.36. The molecule has 132 valence electrons. The Morgan fingerprint density at radius 1 is 1.20 bits per heavy atom. The second-order valence-corrected chi connectivity index (χ2v) is 6.49.